The summed E-state index contributed by atoms with van der Waals surface area (Å²) in [5.74, 6) is -0.485. The molecule has 0 aliphatic carbocycles. The third-order valence-corrected chi connectivity index (χ3v) is 9.55. The predicted octanol–water partition coefficient (Wildman–Crippen LogP) is 2.70. The molecule has 0 unspecified atom stereocenters. The Morgan fingerprint density at radius 3 is 2.40 bits per heavy atom. The molecule has 35 heavy (non-hydrogen) atoms. The minimum absolute atomic E-state index is 0.0423. The number of benzene rings is 2. The molecule has 1 spiro atoms. The maximum absolute atomic E-state index is 13.3. The van der Waals surface area contributed by atoms with E-state index in [0.717, 1.165) is 16.8 Å². The number of piperidine rings is 1. The number of rotatable bonds is 4. The van der Waals surface area contributed by atoms with Gasteiger partial charge < -0.3 is 14.5 Å². The number of likely N-dealkylation sites (tertiary alicyclic amines) is 1. The lowest BCUT2D eigenvalue weighted by atomic mass is 9.98. The van der Waals surface area contributed by atoms with Crippen LogP contribution in [0.3, 0.4) is 0 Å². The molecule has 3 aliphatic heterocycles. The van der Waals surface area contributed by atoms with E-state index in [1.165, 1.54) is 4.31 Å². The van der Waals surface area contributed by atoms with E-state index in [-0.39, 0.29) is 23.1 Å². The molecule has 1 atom stereocenters. The van der Waals surface area contributed by atoms with Gasteiger partial charge in [-0.05, 0) is 49.2 Å². The van der Waals surface area contributed by atoms with E-state index < -0.39 is 21.7 Å². The maximum Gasteiger partial charge on any atom is 0.245 e. The Bertz CT molecular complexity index is 1240. The van der Waals surface area contributed by atoms with Crippen molar-refractivity contribution in [3.8, 4) is 0 Å². The van der Waals surface area contributed by atoms with Crippen LogP contribution in [0.25, 0.3) is 0 Å². The highest BCUT2D eigenvalue weighted by Gasteiger charge is 2.51. The fourth-order valence-electron chi connectivity index (χ4n) is 5.40. The molecule has 3 heterocycles. The lowest BCUT2D eigenvalue weighted by Gasteiger charge is -2.43. The van der Waals surface area contributed by atoms with E-state index in [0.29, 0.717) is 45.6 Å². The number of sulfonamides is 1. The van der Waals surface area contributed by atoms with Crippen LogP contribution in [-0.4, -0.2) is 67.9 Å². The van der Waals surface area contributed by atoms with Crippen LogP contribution < -0.4 is 4.90 Å². The number of carbonyl (C=O) groups excluding carboxylic acids is 2. The van der Waals surface area contributed by atoms with Crippen molar-refractivity contribution in [1.82, 2.24) is 9.21 Å². The van der Waals surface area contributed by atoms with Crippen LogP contribution in [0.1, 0.15) is 30.4 Å². The van der Waals surface area contributed by atoms with Gasteiger partial charge in [-0.2, -0.15) is 4.31 Å². The molecule has 5 rings (SSSR count). The van der Waals surface area contributed by atoms with Crippen LogP contribution in [0.2, 0.25) is 0 Å². The third kappa shape index (κ3) is 4.26. The van der Waals surface area contributed by atoms with Crippen molar-refractivity contribution in [1.29, 1.82) is 0 Å². The molecule has 0 radical (unpaired) electrons. The molecule has 8 nitrogen and oxygen atoms in total. The van der Waals surface area contributed by atoms with E-state index in [2.05, 4.69) is 0 Å². The molecule has 2 amide bonds. The number of aryl methyl sites for hydroxylation is 2. The Kier molecular flexibility index (Phi) is 6.19. The summed E-state index contributed by atoms with van der Waals surface area (Å²) in [6.07, 6.45) is 1.01. The SMILES string of the molecule is Cc1ccc(N2C[C@@H](C(=O)N3CCC4(CC3)OCCN4S(=O)(=O)c3ccccc3)CC2=O)cc1C. The van der Waals surface area contributed by atoms with E-state index in [1.54, 1.807) is 40.1 Å². The van der Waals surface area contributed by atoms with Gasteiger partial charge >= 0.3 is 0 Å². The second kappa shape index (κ2) is 9.04. The fourth-order valence-corrected chi connectivity index (χ4v) is 7.14. The van der Waals surface area contributed by atoms with Crippen molar-refractivity contribution in [3.63, 3.8) is 0 Å². The molecule has 3 saturated heterocycles. The highest BCUT2D eigenvalue weighted by molar-refractivity contribution is 7.89. The van der Waals surface area contributed by atoms with Crippen molar-refractivity contribution in [3.05, 3.63) is 59.7 Å². The molecule has 2 aromatic carbocycles. The van der Waals surface area contributed by atoms with Crippen LogP contribution >= 0.6 is 0 Å². The Morgan fingerprint density at radius 2 is 1.71 bits per heavy atom. The van der Waals surface area contributed by atoms with Gasteiger partial charge in [0.1, 0.15) is 5.72 Å². The monoisotopic (exact) mass is 497 g/mol. The van der Waals surface area contributed by atoms with Crippen LogP contribution in [0.5, 0.6) is 0 Å². The molecule has 0 saturated carbocycles. The Morgan fingerprint density at radius 1 is 1.00 bits per heavy atom. The number of nitrogens with zero attached hydrogens (tertiary/aromatic N) is 3. The van der Waals surface area contributed by atoms with Crippen LogP contribution in [0.4, 0.5) is 5.69 Å². The Balaban J connectivity index is 1.26. The molecule has 3 aliphatic rings. The molecule has 0 N–H and O–H groups in total. The van der Waals surface area contributed by atoms with Crippen LogP contribution in [0, 0.1) is 19.8 Å². The van der Waals surface area contributed by atoms with Crippen LogP contribution in [-0.2, 0) is 24.3 Å². The highest BCUT2D eigenvalue weighted by Crippen LogP contribution is 2.39. The Hall–Kier alpha value is -2.75. The standard InChI is InChI=1S/C26H31N3O5S/c1-19-8-9-22(16-20(19)2)28-18-21(17-24(28)30)25(31)27-12-10-26(11-13-27)29(14-15-34-26)35(32,33)23-6-4-3-5-7-23/h3-9,16,21H,10-15,17-18H2,1-2H3/t21-/m0/s1. The largest absolute Gasteiger partial charge is 0.358 e. The fraction of sp³-hybridized carbons (Fsp3) is 0.462. The highest BCUT2D eigenvalue weighted by atomic mass is 32.2. The van der Waals surface area contributed by atoms with Crippen molar-refractivity contribution >= 4 is 27.5 Å². The first kappa shape index (κ1) is 24.0. The first-order chi connectivity index (χ1) is 16.7. The summed E-state index contributed by atoms with van der Waals surface area (Å²) >= 11 is 0. The molecule has 2 aromatic rings. The minimum atomic E-state index is -3.70. The Labute approximate surface area is 206 Å². The zero-order chi connectivity index (χ0) is 24.8. The number of hydrogen-bond acceptors (Lipinski definition) is 5. The van der Waals surface area contributed by atoms with Gasteiger partial charge in [0.15, 0.2) is 0 Å². The number of anilines is 1. The van der Waals surface area contributed by atoms with Gasteiger partial charge in [0.25, 0.3) is 0 Å². The van der Waals surface area contributed by atoms with E-state index in [9.17, 15) is 18.0 Å². The maximum atomic E-state index is 13.3. The lowest BCUT2D eigenvalue weighted by Crippen LogP contribution is -2.56. The zero-order valence-electron chi connectivity index (χ0n) is 20.1. The van der Waals surface area contributed by atoms with E-state index >= 15 is 0 Å². The predicted molar refractivity (Wildman–Crippen MR) is 131 cm³/mol. The molecule has 0 bridgehead atoms. The van der Waals surface area contributed by atoms with Gasteiger partial charge in [0.05, 0.1) is 17.4 Å². The summed E-state index contributed by atoms with van der Waals surface area (Å²) in [4.78, 5) is 29.8. The molecule has 9 heteroatoms. The summed E-state index contributed by atoms with van der Waals surface area (Å²) in [6.45, 7) is 5.84. The minimum Gasteiger partial charge on any atom is -0.358 e. The molecule has 186 valence electrons. The van der Waals surface area contributed by atoms with Gasteiger partial charge in [0, 0.05) is 51.1 Å². The van der Waals surface area contributed by atoms with Crippen molar-refractivity contribution in [2.75, 3.05) is 37.7 Å². The average Bonchev–Trinajstić information content (AvgIpc) is 3.45. The number of hydrogen-bond donors (Lipinski definition) is 0. The number of carbonyl (C=O) groups is 2. The molecular formula is C26H31N3O5S. The van der Waals surface area contributed by atoms with Crippen LogP contribution in [0.15, 0.2) is 53.4 Å². The second-order valence-corrected chi connectivity index (χ2v) is 11.5. The first-order valence-corrected chi connectivity index (χ1v) is 13.5. The van der Waals surface area contributed by atoms with Crippen molar-refractivity contribution < 1.29 is 22.7 Å². The topological polar surface area (TPSA) is 87.2 Å². The zero-order valence-corrected chi connectivity index (χ0v) is 21.0. The molecule has 3 fully saturated rings. The first-order valence-electron chi connectivity index (χ1n) is 12.1. The second-order valence-electron chi connectivity index (χ2n) is 9.68. The summed E-state index contributed by atoms with van der Waals surface area (Å²) in [7, 11) is -3.70. The van der Waals surface area contributed by atoms with Gasteiger partial charge in [-0.15, -0.1) is 0 Å². The van der Waals surface area contributed by atoms with Gasteiger partial charge in [-0.1, -0.05) is 24.3 Å². The summed E-state index contributed by atoms with van der Waals surface area (Å²) < 4.78 is 34.1. The molecule has 0 aromatic heterocycles. The normalized spacial score (nSPS) is 22.8. The van der Waals surface area contributed by atoms with E-state index in [1.807, 2.05) is 32.0 Å². The summed E-state index contributed by atoms with van der Waals surface area (Å²) in [5.41, 5.74) is 2.17. The number of amides is 2. The lowest BCUT2D eigenvalue weighted by molar-refractivity contribution is -0.144. The summed E-state index contributed by atoms with van der Waals surface area (Å²) in [6, 6.07) is 14.3. The van der Waals surface area contributed by atoms with Gasteiger partial charge in [0.2, 0.25) is 21.8 Å². The van der Waals surface area contributed by atoms with E-state index in [4.69, 9.17) is 4.74 Å². The van der Waals surface area contributed by atoms with Gasteiger partial charge in [-0.3, -0.25) is 9.59 Å². The van der Waals surface area contributed by atoms with Gasteiger partial charge in [-0.25, -0.2) is 8.42 Å². The smallest absolute Gasteiger partial charge is 0.245 e. The number of ether oxygens (including phenoxy) is 1. The molecular weight excluding hydrogens is 466 g/mol. The quantitative estimate of drug-likeness (QED) is 0.648. The van der Waals surface area contributed by atoms with Crippen molar-refractivity contribution in [2.24, 2.45) is 5.92 Å². The third-order valence-electron chi connectivity index (χ3n) is 7.58. The summed E-state index contributed by atoms with van der Waals surface area (Å²) in [5, 5.41) is 0. The van der Waals surface area contributed by atoms with Crippen molar-refractivity contribution in [2.45, 2.75) is 43.7 Å². The average molecular weight is 498 g/mol.